The fourth-order valence-electron chi connectivity index (χ4n) is 3.31. The van der Waals surface area contributed by atoms with Crippen LogP contribution in [0.5, 0.6) is 0 Å². The number of nitrogens with one attached hydrogen (secondary N) is 1. The standard InChI is InChI=1S/C22H24N2O4/c1-16-9-7-8-14-24(16)20(25)15-28-22(27)18-12-5-6-13-19(18)23-21(26)17-10-3-2-4-11-17/h2-6,10-13,16H,7-9,14-15H2,1H3,(H,23,26)/t16-/m1/s1. The van der Waals surface area contributed by atoms with E-state index in [9.17, 15) is 14.4 Å². The van der Waals surface area contributed by atoms with Gasteiger partial charge in [0, 0.05) is 18.2 Å². The molecule has 2 aromatic carbocycles. The van der Waals surface area contributed by atoms with Crippen molar-refractivity contribution in [1.82, 2.24) is 4.90 Å². The number of ether oxygens (including phenoxy) is 1. The van der Waals surface area contributed by atoms with Crippen LogP contribution >= 0.6 is 0 Å². The first kappa shape index (κ1) is 19.6. The van der Waals surface area contributed by atoms with Gasteiger partial charge in [0.15, 0.2) is 6.61 Å². The SMILES string of the molecule is C[C@@H]1CCCCN1C(=O)COC(=O)c1ccccc1NC(=O)c1ccccc1. The van der Waals surface area contributed by atoms with Crippen LogP contribution < -0.4 is 5.32 Å². The summed E-state index contributed by atoms with van der Waals surface area (Å²) in [6.07, 6.45) is 3.05. The monoisotopic (exact) mass is 380 g/mol. The molecule has 0 unspecified atom stereocenters. The van der Waals surface area contributed by atoms with Gasteiger partial charge in [-0.2, -0.15) is 0 Å². The second-order valence-electron chi connectivity index (χ2n) is 6.87. The third-order valence-electron chi connectivity index (χ3n) is 4.88. The summed E-state index contributed by atoms with van der Waals surface area (Å²) < 4.78 is 5.24. The zero-order chi connectivity index (χ0) is 19.9. The number of nitrogens with zero attached hydrogens (tertiary/aromatic N) is 1. The smallest absolute Gasteiger partial charge is 0.340 e. The molecule has 0 bridgehead atoms. The highest BCUT2D eigenvalue weighted by molar-refractivity contribution is 6.08. The van der Waals surface area contributed by atoms with Crippen molar-refractivity contribution in [2.75, 3.05) is 18.5 Å². The van der Waals surface area contributed by atoms with Crippen molar-refractivity contribution in [3.63, 3.8) is 0 Å². The van der Waals surface area contributed by atoms with E-state index in [0.29, 0.717) is 17.8 Å². The Balaban J connectivity index is 1.64. The number of esters is 1. The molecule has 1 saturated heterocycles. The van der Waals surface area contributed by atoms with Crippen LogP contribution in [0, 0.1) is 0 Å². The minimum atomic E-state index is -0.637. The Bertz CT molecular complexity index is 851. The van der Waals surface area contributed by atoms with Crippen molar-refractivity contribution >= 4 is 23.5 Å². The molecule has 0 aromatic heterocycles. The zero-order valence-electron chi connectivity index (χ0n) is 15.9. The number of likely N-dealkylation sites (tertiary alicyclic amines) is 1. The Labute approximate surface area is 164 Å². The summed E-state index contributed by atoms with van der Waals surface area (Å²) in [4.78, 5) is 39.0. The number of para-hydroxylation sites is 1. The number of rotatable bonds is 5. The van der Waals surface area contributed by atoms with E-state index in [1.54, 1.807) is 53.4 Å². The van der Waals surface area contributed by atoms with Crippen LogP contribution in [0.2, 0.25) is 0 Å². The third-order valence-corrected chi connectivity index (χ3v) is 4.88. The predicted molar refractivity (Wildman–Crippen MR) is 106 cm³/mol. The lowest BCUT2D eigenvalue weighted by atomic mass is 10.0. The van der Waals surface area contributed by atoms with Gasteiger partial charge in [-0.3, -0.25) is 9.59 Å². The summed E-state index contributed by atoms with van der Waals surface area (Å²) in [5, 5.41) is 2.73. The van der Waals surface area contributed by atoms with E-state index < -0.39 is 5.97 Å². The van der Waals surface area contributed by atoms with E-state index in [-0.39, 0.29) is 30.0 Å². The molecule has 3 rings (SSSR count). The van der Waals surface area contributed by atoms with Gasteiger partial charge in [0.05, 0.1) is 11.3 Å². The lowest BCUT2D eigenvalue weighted by molar-refractivity contribution is -0.137. The van der Waals surface area contributed by atoms with Crippen LogP contribution in [0.15, 0.2) is 54.6 Å². The Kier molecular flexibility index (Phi) is 6.42. The largest absolute Gasteiger partial charge is 0.452 e. The van der Waals surface area contributed by atoms with Gasteiger partial charge in [0.2, 0.25) is 0 Å². The number of carbonyl (C=O) groups excluding carboxylic acids is 3. The van der Waals surface area contributed by atoms with Crippen molar-refractivity contribution in [3.8, 4) is 0 Å². The number of anilines is 1. The van der Waals surface area contributed by atoms with E-state index in [0.717, 1.165) is 19.3 Å². The molecule has 2 amide bonds. The molecule has 1 heterocycles. The van der Waals surface area contributed by atoms with E-state index in [1.165, 1.54) is 0 Å². The summed E-state index contributed by atoms with van der Waals surface area (Å²) in [6, 6.07) is 15.5. The summed E-state index contributed by atoms with van der Waals surface area (Å²) in [5.74, 6) is -1.15. The van der Waals surface area contributed by atoms with Crippen LogP contribution in [-0.2, 0) is 9.53 Å². The van der Waals surface area contributed by atoms with E-state index in [4.69, 9.17) is 4.74 Å². The van der Waals surface area contributed by atoms with Crippen molar-refractivity contribution in [2.24, 2.45) is 0 Å². The molecule has 6 nitrogen and oxygen atoms in total. The first-order valence-electron chi connectivity index (χ1n) is 9.48. The van der Waals surface area contributed by atoms with Gasteiger partial charge in [0.1, 0.15) is 0 Å². The molecule has 0 spiro atoms. The summed E-state index contributed by atoms with van der Waals surface area (Å²) >= 11 is 0. The van der Waals surface area contributed by atoms with Crippen LogP contribution in [0.1, 0.15) is 46.9 Å². The Morgan fingerprint density at radius 2 is 1.75 bits per heavy atom. The fraction of sp³-hybridized carbons (Fsp3) is 0.318. The lowest BCUT2D eigenvalue weighted by Crippen LogP contribution is -2.44. The van der Waals surface area contributed by atoms with Crippen LogP contribution in [0.4, 0.5) is 5.69 Å². The molecule has 146 valence electrons. The highest BCUT2D eigenvalue weighted by atomic mass is 16.5. The molecular weight excluding hydrogens is 356 g/mol. The Morgan fingerprint density at radius 1 is 1.04 bits per heavy atom. The van der Waals surface area contributed by atoms with Gasteiger partial charge in [-0.25, -0.2) is 4.79 Å². The molecule has 2 aromatic rings. The first-order chi connectivity index (χ1) is 13.6. The maximum atomic E-state index is 12.5. The predicted octanol–water partition coefficient (Wildman–Crippen LogP) is 3.50. The van der Waals surface area contributed by atoms with Gasteiger partial charge in [-0.15, -0.1) is 0 Å². The second kappa shape index (κ2) is 9.17. The summed E-state index contributed by atoms with van der Waals surface area (Å²) in [7, 11) is 0. The molecule has 6 heteroatoms. The van der Waals surface area contributed by atoms with Crippen molar-refractivity contribution < 1.29 is 19.1 Å². The number of carbonyl (C=O) groups is 3. The molecule has 1 fully saturated rings. The van der Waals surface area contributed by atoms with E-state index >= 15 is 0 Å². The molecule has 28 heavy (non-hydrogen) atoms. The maximum Gasteiger partial charge on any atom is 0.340 e. The van der Waals surface area contributed by atoms with E-state index in [1.807, 2.05) is 13.0 Å². The molecule has 1 aliphatic rings. The number of hydrogen-bond acceptors (Lipinski definition) is 4. The molecule has 1 N–H and O–H groups in total. The van der Waals surface area contributed by atoms with Gasteiger partial charge < -0.3 is 15.0 Å². The lowest BCUT2D eigenvalue weighted by Gasteiger charge is -2.33. The van der Waals surface area contributed by atoms with E-state index in [2.05, 4.69) is 5.32 Å². The molecular formula is C22H24N2O4. The average Bonchev–Trinajstić information content (AvgIpc) is 2.73. The van der Waals surface area contributed by atoms with Crippen molar-refractivity contribution in [2.45, 2.75) is 32.2 Å². The Hall–Kier alpha value is -3.15. The van der Waals surface area contributed by atoms with Crippen LogP contribution in [-0.4, -0.2) is 41.9 Å². The van der Waals surface area contributed by atoms with Crippen LogP contribution in [0.3, 0.4) is 0 Å². The molecule has 1 atom stereocenters. The number of benzene rings is 2. The van der Waals surface area contributed by atoms with Crippen LogP contribution in [0.25, 0.3) is 0 Å². The van der Waals surface area contributed by atoms with Gasteiger partial charge in [-0.05, 0) is 50.5 Å². The minimum absolute atomic E-state index is 0.164. The molecule has 1 aliphatic heterocycles. The first-order valence-corrected chi connectivity index (χ1v) is 9.48. The van der Waals surface area contributed by atoms with Gasteiger partial charge in [-0.1, -0.05) is 30.3 Å². The molecule has 0 aliphatic carbocycles. The van der Waals surface area contributed by atoms with Crippen molar-refractivity contribution in [1.29, 1.82) is 0 Å². The topological polar surface area (TPSA) is 75.7 Å². The zero-order valence-corrected chi connectivity index (χ0v) is 15.9. The normalized spacial score (nSPS) is 16.3. The quantitative estimate of drug-likeness (QED) is 0.806. The number of amides is 2. The third kappa shape index (κ3) is 4.76. The average molecular weight is 380 g/mol. The number of piperidine rings is 1. The molecule has 0 saturated carbocycles. The van der Waals surface area contributed by atoms with Gasteiger partial charge >= 0.3 is 5.97 Å². The highest BCUT2D eigenvalue weighted by Crippen LogP contribution is 2.19. The number of hydrogen-bond donors (Lipinski definition) is 1. The molecule has 0 radical (unpaired) electrons. The second-order valence-corrected chi connectivity index (χ2v) is 6.87. The highest BCUT2D eigenvalue weighted by Gasteiger charge is 2.24. The summed E-state index contributed by atoms with van der Waals surface area (Å²) in [6.45, 7) is 2.40. The fourth-order valence-corrected chi connectivity index (χ4v) is 3.31. The summed E-state index contributed by atoms with van der Waals surface area (Å²) in [5.41, 5.74) is 1.05. The maximum absolute atomic E-state index is 12.5. The van der Waals surface area contributed by atoms with Crippen molar-refractivity contribution in [3.05, 3.63) is 65.7 Å². The Morgan fingerprint density at radius 3 is 2.50 bits per heavy atom. The minimum Gasteiger partial charge on any atom is -0.452 e. The van der Waals surface area contributed by atoms with Gasteiger partial charge in [0.25, 0.3) is 11.8 Å².